The van der Waals surface area contributed by atoms with Crippen LogP contribution in [0, 0.1) is 0 Å². The molecule has 5 nitrogen and oxygen atoms in total. The molecule has 0 saturated carbocycles. The predicted molar refractivity (Wildman–Crippen MR) is 75.6 cm³/mol. The second-order valence-electron chi connectivity index (χ2n) is 4.11. The summed E-state index contributed by atoms with van der Waals surface area (Å²) in [7, 11) is 1.50. The molecule has 0 aliphatic rings. The first-order chi connectivity index (χ1) is 9.69. The van der Waals surface area contributed by atoms with Crippen LogP contribution in [0.2, 0.25) is 5.02 Å². The summed E-state index contributed by atoms with van der Waals surface area (Å²) >= 11 is 6.12. The molecule has 0 bridgehead atoms. The van der Waals surface area contributed by atoms with Crippen LogP contribution in [0.4, 0.5) is 0 Å². The van der Waals surface area contributed by atoms with E-state index in [1.165, 1.54) is 7.11 Å². The van der Waals surface area contributed by atoms with E-state index in [0.717, 1.165) is 12.2 Å². The van der Waals surface area contributed by atoms with Crippen LogP contribution < -0.4 is 9.47 Å². The summed E-state index contributed by atoms with van der Waals surface area (Å²) in [6.07, 6.45) is 4.20. The standard InChI is InChI=1S/C14H15ClN2O3/c1-3-17-9-16-6-11(17)8-20-14-12(15)4-10(7-18)5-13(14)19-2/h4-7,9H,3,8H2,1-2H3. The van der Waals surface area contributed by atoms with Gasteiger partial charge in [-0.3, -0.25) is 4.79 Å². The minimum absolute atomic E-state index is 0.324. The van der Waals surface area contributed by atoms with E-state index < -0.39 is 0 Å². The van der Waals surface area contributed by atoms with Gasteiger partial charge in [0.1, 0.15) is 12.9 Å². The second-order valence-corrected chi connectivity index (χ2v) is 4.52. The molecule has 1 heterocycles. The first-order valence-electron chi connectivity index (χ1n) is 6.14. The Bertz CT molecular complexity index is 610. The topological polar surface area (TPSA) is 53.4 Å². The summed E-state index contributed by atoms with van der Waals surface area (Å²) < 4.78 is 12.9. The average Bonchev–Trinajstić information content (AvgIpc) is 2.92. The molecule has 0 radical (unpaired) electrons. The third-order valence-electron chi connectivity index (χ3n) is 2.89. The molecule has 6 heteroatoms. The van der Waals surface area contributed by atoms with Crippen LogP contribution in [0.25, 0.3) is 0 Å². The van der Waals surface area contributed by atoms with E-state index in [2.05, 4.69) is 4.98 Å². The molecule has 0 fully saturated rings. The van der Waals surface area contributed by atoms with Crippen molar-refractivity contribution in [2.24, 2.45) is 0 Å². The summed E-state index contributed by atoms with van der Waals surface area (Å²) in [6, 6.07) is 3.13. The number of rotatable bonds is 6. The third-order valence-corrected chi connectivity index (χ3v) is 3.17. The van der Waals surface area contributed by atoms with E-state index in [1.807, 2.05) is 11.5 Å². The summed E-state index contributed by atoms with van der Waals surface area (Å²) in [5, 5.41) is 0.342. The molecule has 0 atom stereocenters. The number of aromatic nitrogens is 2. The maximum absolute atomic E-state index is 10.8. The van der Waals surface area contributed by atoms with Gasteiger partial charge >= 0.3 is 0 Å². The lowest BCUT2D eigenvalue weighted by atomic mass is 10.2. The molecule has 0 amide bonds. The molecular weight excluding hydrogens is 280 g/mol. The SMILES string of the molecule is CCn1cncc1COc1c(Cl)cc(C=O)cc1OC. The average molecular weight is 295 g/mol. The predicted octanol–water partition coefficient (Wildman–Crippen LogP) is 2.96. The van der Waals surface area contributed by atoms with Crippen LogP contribution in [0.3, 0.4) is 0 Å². The second kappa shape index (κ2) is 6.43. The smallest absolute Gasteiger partial charge is 0.180 e. The van der Waals surface area contributed by atoms with Gasteiger partial charge in [0.05, 0.1) is 30.4 Å². The Morgan fingerprint density at radius 1 is 1.45 bits per heavy atom. The number of hydrogen-bond acceptors (Lipinski definition) is 4. The molecule has 0 aliphatic heterocycles. The summed E-state index contributed by atoms with van der Waals surface area (Å²) in [4.78, 5) is 14.9. The highest BCUT2D eigenvalue weighted by Crippen LogP contribution is 2.36. The number of hydrogen-bond donors (Lipinski definition) is 0. The van der Waals surface area contributed by atoms with Crippen molar-refractivity contribution in [1.82, 2.24) is 9.55 Å². The van der Waals surface area contributed by atoms with E-state index in [4.69, 9.17) is 21.1 Å². The van der Waals surface area contributed by atoms with Gasteiger partial charge in [0, 0.05) is 12.1 Å². The van der Waals surface area contributed by atoms with E-state index in [-0.39, 0.29) is 0 Å². The molecule has 20 heavy (non-hydrogen) atoms. The zero-order valence-electron chi connectivity index (χ0n) is 11.3. The highest BCUT2D eigenvalue weighted by molar-refractivity contribution is 6.32. The Kier molecular flexibility index (Phi) is 4.63. The molecule has 1 aromatic carbocycles. The van der Waals surface area contributed by atoms with Gasteiger partial charge in [-0.1, -0.05) is 11.6 Å². The van der Waals surface area contributed by atoms with Gasteiger partial charge in [0.15, 0.2) is 11.5 Å². The number of nitrogens with zero attached hydrogens (tertiary/aromatic N) is 2. The van der Waals surface area contributed by atoms with Crippen LogP contribution >= 0.6 is 11.6 Å². The van der Waals surface area contributed by atoms with E-state index in [0.29, 0.717) is 35.0 Å². The van der Waals surface area contributed by atoms with Crippen LogP contribution in [0.5, 0.6) is 11.5 Å². The Morgan fingerprint density at radius 2 is 2.25 bits per heavy atom. The fraction of sp³-hybridized carbons (Fsp3) is 0.286. The monoisotopic (exact) mass is 294 g/mol. The van der Waals surface area contributed by atoms with Crippen molar-refractivity contribution in [3.63, 3.8) is 0 Å². The van der Waals surface area contributed by atoms with Gasteiger partial charge in [0.2, 0.25) is 0 Å². The maximum atomic E-state index is 10.8. The Morgan fingerprint density at radius 3 is 2.90 bits per heavy atom. The highest BCUT2D eigenvalue weighted by Gasteiger charge is 2.13. The number of halogens is 1. The lowest BCUT2D eigenvalue weighted by Gasteiger charge is -2.13. The molecule has 106 valence electrons. The van der Waals surface area contributed by atoms with Gasteiger partial charge in [-0.05, 0) is 19.1 Å². The molecule has 2 aromatic rings. The van der Waals surface area contributed by atoms with E-state index >= 15 is 0 Å². The van der Waals surface area contributed by atoms with E-state index in [9.17, 15) is 4.79 Å². The number of benzene rings is 1. The van der Waals surface area contributed by atoms with Gasteiger partial charge in [-0.25, -0.2) is 4.98 Å². The van der Waals surface area contributed by atoms with Crippen LogP contribution in [-0.4, -0.2) is 22.9 Å². The number of ether oxygens (including phenoxy) is 2. The van der Waals surface area contributed by atoms with Crippen molar-refractivity contribution in [1.29, 1.82) is 0 Å². The Hall–Kier alpha value is -2.01. The zero-order valence-corrected chi connectivity index (χ0v) is 12.1. The molecular formula is C14H15ClN2O3. The Labute approximate surface area is 122 Å². The lowest BCUT2D eigenvalue weighted by molar-refractivity contribution is 0.112. The van der Waals surface area contributed by atoms with Gasteiger partial charge < -0.3 is 14.0 Å². The van der Waals surface area contributed by atoms with Crippen LogP contribution in [0.1, 0.15) is 23.0 Å². The molecule has 1 aromatic heterocycles. The number of carbonyl (C=O) groups excluding carboxylic acids is 1. The first kappa shape index (κ1) is 14.4. The first-order valence-corrected chi connectivity index (χ1v) is 6.51. The minimum atomic E-state index is 0.324. The molecule has 0 aliphatic carbocycles. The molecule has 0 unspecified atom stereocenters. The molecule has 0 N–H and O–H groups in total. The van der Waals surface area contributed by atoms with Crippen molar-refractivity contribution < 1.29 is 14.3 Å². The van der Waals surface area contributed by atoms with Gasteiger partial charge in [-0.15, -0.1) is 0 Å². The zero-order chi connectivity index (χ0) is 14.5. The van der Waals surface area contributed by atoms with Gasteiger partial charge in [-0.2, -0.15) is 0 Å². The third kappa shape index (κ3) is 2.93. The fourth-order valence-electron chi connectivity index (χ4n) is 1.85. The number of methoxy groups -OCH3 is 1. The van der Waals surface area contributed by atoms with Crippen molar-refractivity contribution in [3.8, 4) is 11.5 Å². The normalized spacial score (nSPS) is 10.3. The number of aryl methyl sites for hydroxylation is 1. The van der Waals surface area contributed by atoms with Crippen LogP contribution in [-0.2, 0) is 13.2 Å². The summed E-state index contributed by atoms with van der Waals surface area (Å²) in [6.45, 7) is 3.16. The van der Waals surface area contributed by atoms with E-state index in [1.54, 1.807) is 24.7 Å². The quantitative estimate of drug-likeness (QED) is 0.769. The summed E-state index contributed by atoms with van der Waals surface area (Å²) in [5.41, 5.74) is 1.38. The Balaban J connectivity index is 2.23. The minimum Gasteiger partial charge on any atom is -0.493 e. The largest absolute Gasteiger partial charge is 0.493 e. The van der Waals surface area contributed by atoms with Gasteiger partial charge in [0.25, 0.3) is 0 Å². The summed E-state index contributed by atoms with van der Waals surface area (Å²) in [5.74, 6) is 0.853. The van der Waals surface area contributed by atoms with Crippen molar-refractivity contribution in [2.45, 2.75) is 20.1 Å². The fourth-order valence-corrected chi connectivity index (χ4v) is 2.12. The van der Waals surface area contributed by atoms with Crippen molar-refractivity contribution >= 4 is 17.9 Å². The lowest BCUT2D eigenvalue weighted by Crippen LogP contribution is -2.05. The maximum Gasteiger partial charge on any atom is 0.180 e. The van der Waals surface area contributed by atoms with Crippen molar-refractivity contribution in [2.75, 3.05) is 7.11 Å². The number of aldehydes is 1. The number of imidazole rings is 1. The van der Waals surface area contributed by atoms with Crippen molar-refractivity contribution in [3.05, 3.63) is 40.9 Å². The number of carbonyl (C=O) groups is 1. The molecule has 0 saturated heterocycles. The molecule has 0 spiro atoms. The molecule has 2 rings (SSSR count). The van der Waals surface area contributed by atoms with Crippen LogP contribution in [0.15, 0.2) is 24.7 Å². The highest BCUT2D eigenvalue weighted by atomic mass is 35.5.